The molecule has 210 valence electrons. The molecule has 8 nitrogen and oxygen atoms in total. The third kappa shape index (κ3) is 9.63. The molecule has 0 unspecified atom stereocenters. The van der Waals surface area contributed by atoms with Crippen molar-refractivity contribution in [2.24, 2.45) is 5.73 Å². The molecule has 2 saturated heterocycles. The van der Waals surface area contributed by atoms with Gasteiger partial charge in [0.15, 0.2) is 0 Å². The van der Waals surface area contributed by atoms with Crippen LogP contribution in [-0.4, -0.2) is 91.0 Å². The molecule has 3 heterocycles. The molecule has 6 atom stereocenters. The minimum atomic E-state index is -3.77. The van der Waals surface area contributed by atoms with Gasteiger partial charge in [0, 0.05) is 50.3 Å². The number of hydrogen-bond donors (Lipinski definition) is 4. The Hall–Kier alpha value is -0.0100. The number of piperidine rings is 2. The molecule has 2 aliphatic rings. The van der Waals surface area contributed by atoms with Crippen molar-refractivity contribution < 1.29 is 18.6 Å². The molecule has 2 aliphatic heterocycles. The minimum Gasteiger partial charge on any atom is -0.390 e. The molecule has 2 fully saturated rings. The highest BCUT2D eigenvalue weighted by atomic mass is 35.5. The molecule has 3 rings (SSSR count). The fraction of sp³-hybridized carbons (Fsp3) is 0.833. The zero-order valence-electron chi connectivity index (χ0n) is 21.9. The lowest BCUT2D eigenvalue weighted by atomic mass is 9.97. The van der Waals surface area contributed by atoms with Crippen molar-refractivity contribution >= 4 is 44.6 Å². The maximum absolute atomic E-state index is 12.2. The van der Waals surface area contributed by atoms with Crippen LogP contribution in [0.1, 0.15) is 66.2 Å². The van der Waals surface area contributed by atoms with E-state index in [0.29, 0.717) is 41.6 Å². The van der Waals surface area contributed by atoms with Crippen molar-refractivity contribution in [3.63, 3.8) is 0 Å². The van der Waals surface area contributed by atoms with Crippen molar-refractivity contribution in [1.82, 2.24) is 14.5 Å². The molecule has 0 bridgehead atoms. The summed E-state index contributed by atoms with van der Waals surface area (Å²) in [5.41, 5.74) is 5.40. The Morgan fingerprint density at radius 1 is 0.972 bits per heavy atom. The summed E-state index contributed by atoms with van der Waals surface area (Å²) >= 11 is 12.7. The summed E-state index contributed by atoms with van der Waals surface area (Å²) in [6, 6.07) is 3.32. The number of nitrogens with one attached hydrogen (secondary N) is 1. The number of aliphatic hydroxyl groups excluding tert-OH is 2. The molecular formula is C24H44Cl2N4O4S2. The monoisotopic (exact) mass is 586 g/mol. The van der Waals surface area contributed by atoms with Gasteiger partial charge in [-0.2, -0.15) is 0 Å². The highest BCUT2D eigenvalue weighted by molar-refractivity contribution is 7.89. The molecule has 1 aromatic heterocycles. The summed E-state index contributed by atoms with van der Waals surface area (Å²) < 4.78 is 27.3. The molecule has 0 amide bonds. The second kappa shape index (κ2) is 15.0. The number of halogens is 2. The van der Waals surface area contributed by atoms with E-state index in [-0.39, 0.29) is 21.9 Å². The van der Waals surface area contributed by atoms with E-state index in [4.69, 9.17) is 28.9 Å². The summed E-state index contributed by atoms with van der Waals surface area (Å²) in [6.07, 6.45) is 6.08. The van der Waals surface area contributed by atoms with Crippen molar-refractivity contribution in [2.75, 3.05) is 26.2 Å². The fourth-order valence-corrected chi connectivity index (χ4v) is 8.31. The molecule has 0 saturated carbocycles. The van der Waals surface area contributed by atoms with Crippen LogP contribution in [-0.2, 0) is 10.0 Å². The normalized spacial score (nSPS) is 27.8. The van der Waals surface area contributed by atoms with Crippen LogP contribution in [0.4, 0.5) is 0 Å². The Kier molecular flexibility index (Phi) is 13.4. The maximum Gasteiger partial charge on any atom is 0.243 e. The summed E-state index contributed by atoms with van der Waals surface area (Å²) in [7, 11) is -3.77. The average Bonchev–Trinajstić information content (AvgIpc) is 3.16. The second-order valence-corrected chi connectivity index (χ2v) is 14.3. The topological polar surface area (TPSA) is 119 Å². The largest absolute Gasteiger partial charge is 0.390 e. The SMILES string of the molecule is C[C@@H]1CCC[C@H](C)N1C[C@@H](O)CN.C[C@@H]1CCC[C@H](C)N1C[C@@H](O)CNS(=O)(=O)c1cc(Cl)sc1Cl. The molecule has 36 heavy (non-hydrogen) atoms. The van der Waals surface area contributed by atoms with Crippen LogP contribution in [0.2, 0.25) is 8.67 Å². The summed E-state index contributed by atoms with van der Waals surface area (Å²) in [6.45, 7) is 10.2. The molecule has 1 aromatic rings. The third-order valence-electron chi connectivity index (χ3n) is 7.29. The van der Waals surface area contributed by atoms with Gasteiger partial charge in [-0.05, 0) is 59.4 Å². The molecule has 0 spiro atoms. The van der Waals surface area contributed by atoms with Gasteiger partial charge in [0.05, 0.1) is 16.5 Å². The highest BCUT2D eigenvalue weighted by Gasteiger charge is 2.28. The Morgan fingerprint density at radius 3 is 1.81 bits per heavy atom. The standard InChI is InChI=1S/C14H22Cl2N2O3S2.C10H22N2O/c1-9-4-3-5-10(2)18(9)8-11(19)7-17-23(20,21)12-6-13(15)22-14(12)16;1-8-4-3-5-9(2)12(8)7-10(13)6-11/h6,9-11,17,19H,3-5,7-8H2,1-2H3;8-10,13H,3-7,11H2,1-2H3/t9-,10+,11-;8-,9+,10-/m00/s1. The number of thiophene rings is 1. The van der Waals surface area contributed by atoms with Gasteiger partial charge in [-0.3, -0.25) is 9.80 Å². The predicted octanol–water partition coefficient (Wildman–Crippen LogP) is 3.53. The van der Waals surface area contributed by atoms with Crippen LogP contribution in [0.3, 0.4) is 0 Å². The van der Waals surface area contributed by atoms with Gasteiger partial charge >= 0.3 is 0 Å². The quantitative estimate of drug-likeness (QED) is 0.349. The van der Waals surface area contributed by atoms with E-state index in [2.05, 4.69) is 42.2 Å². The number of hydrogen-bond acceptors (Lipinski definition) is 8. The van der Waals surface area contributed by atoms with E-state index in [1.54, 1.807) is 0 Å². The molecule has 5 N–H and O–H groups in total. The molecular weight excluding hydrogens is 543 g/mol. The average molecular weight is 588 g/mol. The lowest BCUT2D eigenvalue weighted by Gasteiger charge is -2.40. The Labute approximate surface area is 231 Å². The van der Waals surface area contributed by atoms with Crippen molar-refractivity contribution in [1.29, 1.82) is 0 Å². The number of nitrogens with zero attached hydrogens (tertiary/aromatic N) is 2. The van der Waals surface area contributed by atoms with Gasteiger partial charge < -0.3 is 15.9 Å². The van der Waals surface area contributed by atoms with Crippen LogP contribution in [0.5, 0.6) is 0 Å². The van der Waals surface area contributed by atoms with Crippen molar-refractivity contribution in [2.45, 2.75) is 107 Å². The van der Waals surface area contributed by atoms with Crippen LogP contribution in [0.15, 0.2) is 11.0 Å². The Morgan fingerprint density at radius 2 is 1.42 bits per heavy atom. The van der Waals surface area contributed by atoms with Gasteiger partial charge in [0.2, 0.25) is 10.0 Å². The first-order valence-electron chi connectivity index (χ1n) is 12.9. The second-order valence-electron chi connectivity index (χ2n) is 10.2. The van der Waals surface area contributed by atoms with Crippen LogP contribution in [0, 0.1) is 0 Å². The number of β-amino-alcohol motifs (C(OH)–C–C–N with tert-alkyl or cyclic N) is 2. The smallest absolute Gasteiger partial charge is 0.243 e. The zero-order valence-corrected chi connectivity index (χ0v) is 25.0. The first-order chi connectivity index (χ1) is 16.9. The van der Waals surface area contributed by atoms with Crippen LogP contribution < -0.4 is 10.5 Å². The fourth-order valence-electron chi connectivity index (χ4n) is 5.09. The molecule has 0 aliphatic carbocycles. The number of sulfonamides is 1. The van der Waals surface area contributed by atoms with Crippen molar-refractivity contribution in [3.05, 3.63) is 14.7 Å². The van der Waals surface area contributed by atoms with Gasteiger partial charge in [-0.15, -0.1) is 11.3 Å². The molecule has 12 heteroatoms. The summed E-state index contributed by atoms with van der Waals surface area (Å²) in [5.74, 6) is 0. The van der Waals surface area contributed by atoms with Gasteiger partial charge in [0.25, 0.3) is 0 Å². The lowest BCUT2D eigenvalue weighted by Crippen LogP contribution is -2.49. The highest BCUT2D eigenvalue weighted by Crippen LogP contribution is 2.34. The van der Waals surface area contributed by atoms with Crippen molar-refractivity contribution in [3.8, 4) is 0 Å². The molecule has 0 aromatic carbocycles. The van der Waals surface area contributed by atoms with E-state index >= 15 is 0 Å². The van der Waals surface area contributed by atoms with E-state index < -0.39 is 16.1 Å². The first-order valence-corrected chi connectivity index (χ1v) is 15.9. The van der Waals surface area contributed by atoms with Gasteiger partial charge in [-0.1, -0.05) is 36.0 Å². The lowest BCUT2D eigenvalue weighted by molar-refractivity contribution is 0.0438. The van der Waals surface area contributed by atoms with E-state index in [1.807, 2.05) is 0 Å². The third-order valence-corrected chi connectivity index (χ3v) is 10.5. The first kappa shape index (κ1) is 32.2. The summed E-state index contributed by atoms with van der Waals surface area (Å²) in [4.78, 5) is 4.57. The van der Waals surface area contributed by atoms with Crippen LogP contribution in [0.25, 0.3) is 0 Å². The Bertz CT molecular complexity index is 885. The van der Waals surface area contributed by atoms with E-state index in [1.165, 1.54) is 31.7 Å². The van der Waals surface area contributed by atoms with Gasteiger partial charge in [0.1, 0.15) is 9.23 Å². The number of likely N-dealkylation sites (tertiary alicyclic amines) is 2. The van der Waals surface area contributed by atoms with E-state index in [0.717, 1.165) is 30.7 Å². The number of nitrogens with two attached hydrogens (primary N) is 1. The molecule has 0 radical (unpaired) electrons. The Balaban J connectivity index is 0.000000297. The number of rotatable bonds is 9. The van der Waals surface area contributed by atoms with E-state index in [9.17, 15) is 18.6 Å². The zero-order chi connectivity index (χ0) is 27.0. The predicted molar refractivity (Wildman–Crippen MR) is 150 cm³/mol. The number of aliphatic hydroxyl groups is 2. The minimum absolute atomic E-state index is 0.0407. The van der Waals surface area contributed by atoms with Gasteiger partial charge in [-0.25, -0.2) is 13.1 Å². The summed E-state index contributed by atoms with van der Waals surface area (Å²) in [5, 5.41) is 19.7. The van der Waals surface area contributed by atoms with Crippen LogP contribution >= 0.6 is 34.5 Å². The maximum atomic E-state index is 12.2.